The first-order valence-corrected chi connectivity index (χ1v) is 7.37. The maximum Gasteiger partial charge on any atom is 0.391 e. The molecule has 2 rings (SSSR count). The largest absolute Gasteiger partial charge is 0.391 e. The first kappa shape index (κ1) is 15.4. The van der Waals surface area contributed by atoms with E-state index in [0.717, 1.165) is 9.75 Å². The third kappa shape index (κ3) is 4.23. The summed E-state index contributed by atoms with van der Waals surface area (Å²) in [5.74, 6) is 4.63. The van der Waals surface area contributed by atoms with Crippen molar-refractivity contribution < 1.29 is 13.2 Å². The van der Waals surface area contributed by atoms with E-state index in [9.17, 15) is 13.2 Å². The third-order valence-corrected chi connectivity index (χ3v) is 4.39. The molecule has 0 bridgehead atoms. The van der Waals surface area contributed by atoms with E-state index < -0.39 is 12.1 Å². The summed E-state index contributed by atoms with van der Waals surface area (Å²) in [5.41, 5.74) is 5.31. The molecule has 1 aromatic rings. The van der Waals surface area contributed by atoms with E-state index in [1.54, 1.807) is 11.3 Å². The van der Waals surface area contributed by atoms with Crippen molar-refractivity contribution in [3.8, 4) is 11.8 Å². The number of rotatable bonds is 2. The Hall–Kier alpha value is -1.03. The van der Waals surface area contributed by atoms with Gasteiger partial charge in [-0.25, -0.2) is 0 Å². The summed E-state index contributed by atoms with van der Waals surface area (Å²) in [4.78, 5) is 4.17. The highest BCUT2D eigenvalue weighted by molar-refractivity contribution is 7.12. The van der Waals surface area contributed by atoms with Gasteiger partial charge in [0.2, 0.25) is 0 Å². The molecule has 1 aliphatic rings. The summed E-state index contributed by atoms with van der Waals surface area (Å²) in [6.45, 7) is 2.05. The molecule has 0 atom stereocenters. The van der Waals surface area contributed by atoms with E-state index in [4.69, 9.17) is 5.73 Å². The molecule has 0 radical (unpaired) electrons. The van der Waals surface area contributed by atoms with Gasteiger partial charge in [0.1, 0.15) is 0 Å². The van der Waals surface area contributed by atoms with Crippen molar-refractivity contribution in [2.24, 2.45) is 11.7 Å². The van der Waals surface area contributed by atoms with Gasteiger partial charge in [0.25, 0.3) is 0 Å². The molecule has 2 N–H and O–H groups in total. The lowest BCUT2D eigenvalue weighted by Gasteiger charge is -2.32. The zero-order chi connectivity index (χ0) is 14.6. The van der Waals surface area contributed by atoms with Gasteiger partial charge < -0.3 is 5.73 Å². The first-order valence-electron chi connectivity index (χ1n) is 6.56. The van der Waals surface area contributed by atoms with E-state index in [1.807, 2.05) is 12.1 Å². The van der Waals surface area contributed by atoms with Crippen LogP contribution in [0, 0.1) is 17.8 Å². The van der Waals surface area contributed by atoms with E-state index >= 15 is 0 Å². The Bertz CT molecular complexity index is 490. The van der Waals surface area contributed by atoms with Crippen molar-refractivity contribution in [2.45, 2.75) is 25.6 Å². The van der Waals surface area contributed by atoms with Crippen LogP contribution in [-0.2, 0) is 6.54 Å². The van der Waals surface area contributed by atoms with E-state index in [0.29, 0.717) is 26.2 Å². The molecule has 110 valence electrons. The monoisotopic (exact) mass is 302 g/mol. The molecule has 1 fully saturated rings. The minimum Gasteiger partial charge on any atom is -0.320 e. The van der Waals surface area contributed by atoms with Crippen LogP contribution < -0.4 is 5.73 Å². The number of likely N-dealkylation sites (tertiary alicyclic amines) is 1. The molecule has 2 heterocycles. The maximum atomic E-state index is 12.6. The van der Waals surface area contributed by atoms with Crippen molar-refractivity contribution in [1.82, 2.24) is 4.90 Å². The van der Waals surface area contributed by atoms with Crippen molar-refractivity contribution in [1.29, 1.82) is 0 Å². The van der Waals surface area contributed by atoms with Gasteiger partial charge in [-0.2, -0.15) is 13.2 Å². The quantitative estimate of drug-likeness (QED) is 0.851. The lowest BCUT2D eigenvalue weighted by atomic mass is 9.96. The minimum atomic E-state index is -4.04. The Morgan fingerprint density at radius 2 is 2.00 bits per heavy atom. The Labute approximate surface area is 120 Å². The first-order chi connectivity index (χ1) is 9.49. The molecular weight excluding hydrogens is 285 g/mol. The highest BCUT2D eigenvalue weighted by Gasteiger charge is 2.40. The molecular formula is C14H17F3N2S. The highest BCUT2D eigenvalue weighted by Crippen LogP contribution is 2.34. The number of alkyl halides is 3. The highest BCUT2D eigenvalue weighted by atomic mass is 32.1. The van der Waals surface area contributed by atoms with Crippen molar-refractivity contribution in [3.05, 3.63) is 21.9 Å². The number of hydrogen-bond donors (Lipinski definition) is 1. The van der Waals surface area contributed by atoms with Gasteiger partial charge >= 0.3 is 6.18 Å². The molecule has 0 saturated carbocycles. The molecule has 0 aromatic carbocycles. The van der Waals surface area contributed by atoms with Crippen molar-refractivity contribution in [3.63, 3.8) is 0 Å². The van der Waals surface area contributed by atoms with Gasteiger partial charge in [-0.15, -0.1) is 11.3 Å². The average Bonchev–Trinajstić information content (AvgIpc) is 2.83. The second-order valence-electron chi connectivity index (χ2n) is 4.86. The summed E-state index contributed by atoms with van der Waals surface area (Å²) in [5, 5.41) is 0. The lowest BCUT2D eigenvalue weighted by molar-refractivity contribution is -0.185. The van der Waals surface area contributed by atoms with E-state index in [1.165, 1.54) is 0 Å². The van der Waals surface area contributed by atoms with Crippen LogP contribution in [-0.4, -0.2) is 30.7 Å². The van der Waals surface area contributed by atoms with Gasteiger partial charge in [-0.1, -0.05) is 11.8 Å². The molecule has 1 aliphatic heterocycles. The van der Waals surface area contributed by atoms with E-state index in [2.05, 4.69) is 16.7 Å². The fourth-order valence-corrected chi connectivity index (χ4v) is 3.23. The minimum absolute atomic E-state index is 0.203. The maximum absolute atomic E-state index is 12.6. The normalized spacial score (nSPS) is 17.8. The predicted octanol–water partition coefficient (Wildman–Crippen LogP) is 2.83. The zero-order valence-electron chi connectivity index (χ0n) is 11.0. The number of halogens is 3. The van der Waals surface area contributed by atoms with Crippen LogP contribution in [0.3, 0.4) is 0 Å². The smallest absolute Gasteiger partial charge is 0.320 e. The second kappa shape index (κ2) is 6.61. The molecule has 0 spiro atoms. The van der Waals surface area contributed by atoms with Crippen LogP contribution >= 0.6 is 11.3 Å². The van der Waals surface area contributed by atoms with Gasteiger partial charge in [-0.05, 0) is 38.1 Å². The Morgan fingerprint density at radius 3 is 2.60 bits per heavy atom. The molecule has 1 saturated heterocycles. The molecule has 0 unspecified atom stereocenters. The fraction of sp³-hybridized carbons (Fsp3) is 0.571. The van der Waals surface area contributed by atoms with Crippen LogP contribution in [0.1, 0.15) is 22.6 Å². The van der Waals surface area contributed by atoms with Crippen molar-refractivity contribution in [2.75, 3.05) is 19.6 Å². The number of thiophene rings is 1. The fourth-order valence-electron chi connectivity index (χ4n) is 2.31. The molecule has 1 aromatic heterocycles. The van der Waals surface area contributed by atoms with Crippen LogP contribution in [0.25, 0.3) is 0 Å². The molecule has 20 heavy (non-hydrogen) atoms. The molecule has 6 heteroatoms. The number of piperidine rings is 1. The van der Waals surface area contributed by atoms with Crippen LogP contribution in [0.5, 0.6) is 0 Å². The van der Waals surface area contributed by atoms with Crippen LogP contribution in [0.4, 0.5) is 13.2 Å². The summed E-state index contributed by atoms with van der Waals surface area (Å²) >= 11 is 1.58. The zero-order valence-corrected chi connectivity index (χ0v) is 11.9. The molecule has 2 nitrogen and oxygen atoms in total. The van der Waals surface area contributed by atoms with E-state index in [-0.39, 0.29) is 12.8 Å². The van der Waals surface area contributed by atoms with Crippen molar-refractivity contribution >= 4 is 11.3 Å². The van der Waals surface area contributed by atoms with Gasteiger partial charge in [0.05, 0.1) is 17.3 Å². The second-order valence-corrected chi connectivity index (χ2v) is 6.03. The predicted molar refractivity (Wildman–Crippen MR) is 74.3 cm³/mol. The van der Waals surface area contributed by atoms with Crippen LogP contribution in [0.2, 0.25) is 0 Å². The lowest BCUT2D eigenvalue weighted by Crippen LogP contribution is -2.38. The van der Waals surface area contributed by atoms with Crippen LogP contribution in [0.15, 0.2) is 12.1 Å². The van der Waals surface area contributed by atoms with Gasteiger partial charge in [0.15, 0.2) is 0 Å². The summed E-state index contributed by atoms with van der Waals surface area (Å²) in [7, 11) is 0. The number of hydrogen-bond acceptors (Lipinski definition) is 3. The van der Waals surface area contributed by atoms with Gasteiger partial charge in [-0.3, -0.25) is 4.90 Å². The molecule has 0 aliphatic carbocycles. The molecule has 0 amide bonds. The summed E-state index contributed by atoms with van der Waals surface area (Å²) < 4.78 is 37.7. The Kier molecular flexibility index (Phi) is 5.08. The standard InChI is InChI=1S/C14H17F3N2S/c15-14(16,17)11-5-8-19(9-6-11)10-13-4-3-12(20-13)2-1-7-18/h3-4,11H,5-10,18H2. The Morgan fingerprint density at radius 1 is 1.30 bits per heavy atom. The number of nitrogens with two attached hydrogens (primary N) is 1. The number of nitrogens with zero attached hydrogens (tertiary/aromatic N) is 1. The SMILES string of the molecule is NCC#Cc1ccc(CN2CCC(C(F)(F)F)CC2)s1. The summed E-state index contributed by atoms with van der Waals surface area (Å²) in [6, 6.07) is 3.92. The van der Waals surface area contributed by atoms with Gasteiger partial charge in [0, 0.05) is 11.4 Å². The average molecular weight is 302 g/mol. The summed E-state index contributed by atoms with van der Waals surface area (Å²) in [6.07, 6.45) is -3.64. The third-order valence-electron chi connectivity index (χ3n) is 3.41. The Balaban J connectivity index is 1.85. The topological polar surface area (TPSA) is 29.3 Å².